The van der Waals surface area contributed by atoms with Gasteiger partial charge in [-0.2, -0.15) is 13.2 Å². The number of hydrogen-bond donors (Lipinski definition) is 2. The molecule has 1 aliphatic rings. The first-order valence-electron chi connectivity index (χ1n) is 19.0. The topological polar surface area (TPSA) is 108 Å². The van der Waals surface area contributed by atoms with Gasteiger partial charge in [-0.1, -0.05) is 43.0 Å². The van der Waals surface area contributed by atoms with Gasteiger partial charge in [0.05, 0.1) is 42.0 Å². The highest BCUT2D eigenvalue weighted by atomic mass is 19.4. The molecule has 6 aromatic rings. The van der Waals surface area contributed by atoms with Crippen molar-refractivity contribution in [3.05, 3.63) is 121 Å². The second-order valence-electron chi connectivity index (χ2n) is 14.8. The van der Waals surface area contributed by atoms with E-state index in [0.29, 0.717) is 53.0 Å². The molecule has 2 amide bonds. The van der Waals surface area contributed by atoms with Crippen LogP contribution in [0.2, 0.25) is 0 Å². The second kappa shape index (κ2) is 16.7. The van der Waals surface area contributed by atoms with Gasteiger partial charge in [0, 0.05) is 79.8 Å². The van der Waals surface area contributed by atoms with Gasteiger partial charge >= 0.3 is 6.18 Å². The van der Waals surface area contributed by atoms with E-state index in [9.17, 15) is 22.8 Å². The summed E-state index contributed by atoms with van der Waals surface area (Å²) in [5.41, 5.74) is 6.68. The van der Waals surface area contributed by atoms with Crippen molar-refractivity contribution >= 4 is 51.4 Å². The Balaban J connectivity index is 1.14. The number of halogens is 3. The number of methoxy groups -OCH3 is 1. The highest BCUT2D eigenvalue weighted by molar-refractivity contribution is 6.08. The molecule has 14 heteroatoms. The predicted octanol–water partition coefficient (Wildman–Crippen LogP) is 8.55. The molecule has 0 saturated heterocycles. The molecule has 0 radical (unpaired) electrons. The summed E-state index contributed by atoms with van der Waals surface area (Å²) >= 11 is 0. The highest BCUT2D eigenvalue weighted by Gasteiger charge is 2.31. The lowest BCUT2D eigenvalue weighted by molar-refractivity contribution is -0.137. The second-order valence-corrected chi connectivity index (χ2v) is 14.8. The van der Waals surface area contributed by atoms with Crippen molar-refractivity contribution in [1.82, 2.24) is 19.4 Å². The molecule has 0 bridgehead atoms. The standard InChI is InChI=1S/C45H45F3N8O3/c1-28(26-56-38-17-13-30(23-31(38)14-18-42(56)57)29-11-15-32(16-12-29)45(46,47)48)43(58)50-36-24-37(41(59-6)25-40(36)54(4)22-21-53(2)3)52-44-49-20-19-35(51-44)34-27-55(5)39-10-8-7-9-33(34)39/h7-13,15-17,19-20,23-25,27H,1,14,18,21-22,26H2,2-6H3,(H,50,58)(H,49,51,52). The molecule has 59 heavy (non-hydrogen) atoms. The van der Waals surface area contributed by atoms with Crippen LogP contribution in [-0.2, 0) is 29.2 Å². The molecule has 11 nitrogen and oxygen atoms in total. The minimum Gasteiger partial charge on any atom is -0.494 e. The molecule has 7 rings (SSSR count). The largest absolute Gasteiger partial charge is 0.494 e. The van der Waals surface area contributed by atoms with Crippen molar-refractivity contribution in [1.29, 1.82) is 0 Å². The molecule has 304 valence electrons. The number of para-hydroxylation sites is 1. The number of amides is 2. The Labute approximate surface area is 340 Å². The Bertz CT molecular complexity index is 2550. The molecular weight excluding hydrogens is 758 g/mol. The fraction of sp³-hybridized carbons (Fsp3) is 0.244. The van der Waals surface area contributed by atoms with Crippen LogP contribution in [0.3, 0.4) is 0 Å². The SMILES string of the molecule is C=C(CN1C(=O)CCc2cc(-c3ccc(C(F)(F)F)cc3)ccc21)C(=O)Nc1cc(Nc2nccc(-c3cn(C)c4ccccc34)n2)c(OC)cc1N(C)CCN(C)C. The maximum atomic E-state index is 14.0. The fourth-order valence-electron chi connectivity index (χ4n) is 7.20. The molecule has 0 atom stereocenters. The number of alkyl halides is 3. The lowest BCUT2D eigenvalue weighted by atomic mass is 9.95. The van der Waals surface area contributed by atoms with Gasteiger partial charge in [0.25, 0.3) is 5.91 Å². The molecular formula is C45H45F3N8O3. The smallest absolute Gasteiger partial charge is 0.416 e. The molecule has 4 aromatic carbocycles. The Morgan fingerprint density at radius 1 is 0.932 bits per heavy atom. The first-order valence-corrected chi connectivity index (χ1v) is 19.0. The summed E-state index contributed by atoms with van der Waals surface area (Å²) in [4.78, 5) is 42.2. The Hall–Kier alpha value is -6.67. The Morgan fingerprint density at radius 3 is 2.41 bits per heavy atom. The van der Waals surface area contributed by atoms with E-state index < -0.39 is 17.6 Å². The van der Waals surface area contributed by atoms with Crippen LogP contribution in [0.15, 0.2) is 109 Å². The fourth-order valence-corrected chi connectivity index (χ4v) is 7.20. The van der Waals surface area contributed by atoms with Crippen LogP contribution in [0.4, 0.5) is 41.9 Å². The number of fused-ring (bicyclic) bond motifs is 2. The number of anilines is 5. The van der Waals surface area contributed by atoms with Crippen LogP contribution in [0.1, 0.15) is 17.5 Å². The minimum absolute atomic E-state index is 0.0703. The van der Waals surface area contributed by atoms with E-state index in [4.69, 9.17) is 9.72 Å². The molecule has 0 fully saturated rings. The third-order valence-corrected chi connectivity index (χ3v) is 10.4. The summed E-state index contributed by atoms with van der Waals surface area (Å²) in [7, 11) is 9.45. The molecule has 1 aliphatic heterocycles. The van der Waals surface area contributed by atoms with Gasteiger partial charge in [0.1, 0.15) is 5.75 Å². The highest BCUT2D eigenvalue weighted by Crippen LogP contribution is 2.39. The van der Waals surface area contributed by atoms with Crippen molar-refractivity contribution in [2.75, 3.05) is 68.3 Å². The summed E-state index contributed by atoms with van der Waals surface area (Å²) in [6.45, 7) is 5.39. The molecule has 2 aromatic heterocycles. The van der Waals surface area contributed by atoms with Gasteiger partial charge in [-0.3, -0.25) is 9.59 Å². The number of carbonyl (C=O) groups is 2. The molecule has 2 N–H and O–H groups in total. The summed E-state index contributed by atoms with van der Waals surface area (Å²) in [5.74, 6) is 0.171. The zero-order valence-electron chi connectivity index (χ0n) is 33.5. The summed E-state index contributed by atoms with van der Waals surface area (Å²) in [5, 5.41) is 7.40. The molecule has 0 aliphatic carbocycles. The first kappa shape index (κ1) is 40.5. The number of benzene rings is 4. The number of rotatable bonds is 13. The lowest BCUT2D eigenvalue weighted by Crippen LogP contribution is -2.38. The molecule has 0 saturated carbocycles. The number of likely N-dealkylation sites (N-methyl/N-ethyl adjacent to an activating group) is 2. The zero-order chi connectivity index (χ0) is 42.0. The summed E-state index contributed by atoms with van der Waals surface area (Å²) < 4.78 is 47.4. The van der Waals surface area contributed by atoms with Crippen LogP contribution in [0, 0.1) is 0 Å². The quantitative estimate of drug-likeness (QED) is 0.112. The van der Waals surface area contributed by atoms with E-state index in [1.165, 1.54) is 17.0 Å². The van der Waals surface area contributed by atoms with Crippen LogP contribution in [0.5, 0.6) is 5.75 Å². The number of aryl methyl sites for hydroxylation is 2. The van der Waals surface area contributed by atoms with E-state index in [0.717, 1.165) is 52.0 Å². The third kappa shape index (κ3) is 8.77. The van der Waals surface area contributed by atoms with E-state index in [2.05, 4.69) is 43.8 Å². The number of hydrogen-bond acceptors (Lipinski definition) is 8. The third-order valence-electron chi connectivity index (χ3n) is 10.4. The average molecular weight is 803 g/mol. The van der Waals surface area contributed by atoms with Gasteiger partial charge in [-0.25, -0.2) is 9.97 Å². The average Bonchev–Trinajstić information content (AvgIpc) is 3.56. The predicted molar refractivity (Wildman–Crippen MR) is 227 cm³/mol. The lowest BCUT2D eigenvalue weighted by Gasteiger charge is -2.30. The van der Waals surface area contributed by atoms with Crippen molar-refractivity contribution in [2.24, 2.45) is 7.05 Å². The summed E-state index contributed by atoms with van der Waals surface area (Å²) in [6.07, 6.45) is -0.0503. The van der Waals surface area contributed by atoms with Crippen molar-refractivity contribution in [3.8, 4) is 28.1 Å². The van der Waals surface area contributed by atoms with Crippen LogP contribution < -0.4 is 25.2 Å². The van der Waals surface area contributed by atoms with Gasteiger partial charge < -0.3 is 34.6 Å². The number of nitrogens with one attached hydrogen (secondary N) is 2. The first-order chi connectivity index (χ1) is 28.2. The summed E-state index contributed by atoms with van der Waals surface area (Å²) in [6, 6.07) is 23.9. The normalized spacial score (nSPS) is 12.8. The number of aromatic nitrogens is 3. The van der Waals surface area contributed by atoms with E-state index >= 15 is 0 Å². The monoisotopic (exact) mass is 802 g/mol. The van der Waals surface area contributed by atoms with Crippen molar-refractivity contribution in [3.63, 3.8) is 0 Å². The molecule has 3 heterocycles. The molecule has 0 spiro atoms. The molecule has 0 unspecified atom stereocenters. The van der Waals surface area contributed by atoms with Crippen molar-refractivity contribution in [2.45, 2.75) is 19.0 Å². The number of ether oxygens (including phenoxy) is 1. The zero-order valence-corrected chi connectivity index (χ0v) is 33.5. The van der Waals surface area contributed by atoms with Gasteiger partial charge in [0.2, 0.25) is 11.9 Å². The van der Waals surface area contributed by atoms with Crippen LogP contribution in [-0.4, -0.2) is 79.1 Å². The van der Waals surface area contributed by atoms with Gasteiger partial charge in [0.15, 0.2) is 0 Å². The van der Waals surface area contributed by atoms with Crippen LogP contribution >= 0.6 is 0 Å². The minimum atomic E-state index is -4.43. The van der Waals surface area contributed by atoms with E-state index in [-0.39, 0.29) is 24.4 Å². The number of carbonyl (C=O) groups excluding carboxylic acids is 2. The van der Waals surface area contributed by atoms with E-state index in [1.54, 1.807) is 31.5 Å². The Kier molecular flexibility index (Phi) is 11.4. The maximum Gasteiger partial charge on any atom is 0.416 e. The van der Waals surface area contributed by atoms with E-state index in [1.807, 2.05) is 69.6 Å². The maximum absolute atomic E-state index is 14.0. The Morgan fingerprint density at radius 2 is 1.68 bits per heavy atom. The number of nitrogens with zero attached hydrogens (tertiary/aromatic N) is 6. The van der Waals surface area contributed by atoms with Crippen molar-refractivity contribution < 1.29 is 27.5 Å². The van der Waals surface area contributed by atoms with Gasteiger partial charge in [-0.15, -0.1) is 0 Å². The van der Waals surface area contributed by atoms with Gasteiger partial charge in [-0.05, 0) is 79.7 Å². The van der Waals surface area contributed by atoms with Crippen LogP contribution in [0.25, 0.3) is 33.3 Å².